The van der Waals surface area contributed by atoms with Crippen molar-refractivity contribution in [2.24, 2.45) is 5.73 Å². The lowest BCUT2D eigenvalue weighted by atomic mass is 10.1. The Labute approximate surface area is 109 Å². The summed E-state index contributed by atoms with van der Waals surface area (Å²) < 4.78 is 5.71. The molecule has 0 aromatic heterocycles. The molecule has 1 amide bonds. The van der Waals surface area contributed by atoms with Crippen LogP contribution in [0.2, 0.25) is 0 Å². The summed E-state index contributed by atoms with van der Waals surface area (Å²) in [7, 11) is 0. The molecule has 0 aliphatic carbocycles. The monoisotopic (exact) mass is 250 g/mol. The third-order valence-corrected chi connectivity index (χ3v) is 2.18. The third-order valence-electron chi connectivity index (χ3n) is 2.18. The van der Waals surface area contributed by atoms with E-state index in [1.807, 2.05) is 45.0 Å². The van der Waals surface area contributed by atoms with E-state index in [1.54, 1.807) is 0 Å². The van der Waals surface area contributed by atoms with Crippen molar-refractivity contribution in [3.8, 4) is 5.75 Å². The lowest BCUT2D eigenvalue weighted by Gasteiger charge is -2.21. The number of hydrogen-bond donors (Lipinski definition) is 2. The van der Waals surface area contributed by atoms with E-state index in [0.29, 0.717) is 19.5 Å². The molecule has 0 fully saturated rings. The van der Waals surface area contributed by atoms with Crippen LogP contribution in [0, 0.1) is 0 Å². The molecule has 0 aliphatic rings. The number of benzene rings is 1. The Morgan fingerprint density at radius 2 is 1.89 bits per heavy atom. The zero-order valence-corrected chi connectivity index (χ0v) is 11.3. The Hall–Kier alpha value is -1.55. The Balaban J connectivity index is 2.52. The summed E-state index contributed by atoms with van der Waals surface area (Å²) in [6, 6.07) is 7.58. The molecule has 18 heavy (non-hydrogen) atoms. The van der Waals surface area contributed by atoms with E-state index in [4.69, 9.17) is 10.5 Å². The van der Waals surface area contributed by atoms with E-state index < -0.39 is 0 Å². The van der Waals surface area contributed by atoms with Crippen LogP contribution in [0.4, 0.5) is 0 Å². The van der Waals surface area contributed by atoms with Crippen LogP contribution in [0.3, 0.4) is 0 Å². The van der Waals surface area contributed by atoms with E-state index in [1.165, 1.54) is 0 Å². The predicted octanol–water partition coefficient (Wildman–Crippen LogP) is 1.48. The van der Waals surface area contributed by atoms with Crippen molar-refractivity contribution in [1.29, 1.82) is 0 Å². The minimum atomic E-state index is -0.208. The minimum Gasteiger partial charge on any atom is -0.488 e. The molecule has 0 unspecified atom stereocenters. The molecule has 4 heteroatoms. The zero-order valence-electron chi connectivity index (χ0n) is 11.3. The molecule has 0 bridgehead atoms. The quantitative estimate of drug-likeness (QED) is 0.832. The molecule has 1 aromatic rings. The Bertz CT molecular complexity index is 380. The van der Waals surface area contributed by atoms with Crippen LogP contribution in [-0.2, 0) is 11.2 Å². The average molecular weight is 250 g/mol. The van der Waals surface area contributed by atoms with Gasteiger partial charge in [-0.3, -0.25) is 4.79 Å². The molecule has 4 nitrogen and oxygen atoms in total. The topological polar surface area (TPSA) is 64.3 Å². The van der Waals surface area contributed by atoms with Crippen LogP contribution in [0.5, 0.6) is 5.75 Å². The Kier molecular flexibility index (Phi) is 5.16. The van der Waals surface area contributed by atoms with Gasteiger partial charge in [0.1, 0.15) is 11.4 Å². The van der Waals surface area contributed by atoms with Gasteiger partial charge in [0.15, 0.2) is 0 Å². The van der Waals surface area contributed by atoms with Crippen LogP contribution in [0.1, 0.15) is 26.3 Å². The Morgan fingerprint density at radius 3 is 2.39 bits per heavy atom. The van der Waals surface area contributed by atoms with Crippen molar-refractivity contribution in [2.45, 2.75) is 32.8 Å². The maximum absolute atomic E-state index is 11.5. The van der Waals surface area contributed by atoms with Gasteiger partial charge < -0.3 is 15.8 Å². The highest BCUT2D eigenvalue weighted by Gasteiger charge is 2.11. The SMILES string of the molecule is CC(C)(C)Oc1ccc(CC(=O)NCCN)cc1. The van der Waals surface area contributed by atoms with Crippen LogP contribution < -0.4 is 15.8 Å². The van der Waals surface area contributed by atoms with Crippen molar-refractivity contribution in [1.82, 2.24) is 5.32 Å². The fourth-order valence-electron chi connectivity index (χ4n) is 1.49. The average Bonchev–Trinajstić information content (AvgIpc) is 2.27. The van der Waals surface area contributed by atoms with Gasteiger partial charge in [-0.15, -0.1) is 0 Å². The van der Waals surface area contributed by atoms with Gasteiger partial charge in [0.05, 0.1) is 6.42 Å². The summed E-state index contributed by atoms with van der Waals surface area (Å²) in [6.45, 7) is 6.98. The van der Waals surface area contributed by atoms with E-state index >= 15 is 0 Å². The van der Waals surface area contributed by atoms with Crippen molar-refractivity contribution in [3.63, 3.8) is 0 Å². The van der Waals surface area contributed by atoms with Gasteiger partial charge in [-0.2, -0.15) is 0 Å². The van der Waals surface area contributed by atoms with Crippen molar-refractivity contribution < 1.29 is 9.53 Å². The van der Waals surface area contributed by atoms with Crippen LogP contribution in [-0.4, -0.2) is 24.6 Å². The molecule has 0 saturated heterocycles. The molecule has 3 N–H and O–H groups in total. The van der Waals surface area contributed by atoms with Crippen LogP contribution in [0.25, 0.3) is 0 Å². The van der Waals surface area contributed by atoms with Crippen LogP contribution in [0.15, 0.2) is 24.3 Å². The zero-order chi connectivity index (χ0) is 13.6. The molecular formula is C14H22N2O2. The second-order valence-corrected chi connectivity index (χ2v) is 5.17. The molecule has 0 saturated carbocycles. The largest absolute Gasteiger partial charge is 0.488 e. The molecule has 0 atom stereocenters. The highest BCUT2D eigenvalue weighted by atomic mass is 16.5. The number of carbonyl (C=O) groups excluding carboxylic acids is 1. The van der Waals surface area contributed by atoms with Gasteiger partial charge >= 0.3 is 0 Å². The Morgan fingerprint density at radius 1 is 1.28 bits per heavy atom. The fourth-order valence-corrected chi connectivity index (χ4v) is 1.49. The number of carbonyl (C=O) groups is 1. The lowest BCUT2D eigenvalue weighted by molar-refractivity contribution is -0.120. The lowest BCUT2D eigenvalue weighted by Crippen LogP contribution is -2.30. The van der Waals surface area contributed by atoms with E-state index in [-0.39, 0.29) is 11.5 Å². The number of nitrogens with one attached hydrogen (secondary N) is 1. The van der Waals surface area contributed by atoms with Gasteiger partial charge in [0, 0.05) is 13.1 Å². The second kappa shape index (κ2) is 6.40. The van der Waals surface area contributed by atoms with Gasteiger partial charge in [0.25, 0.3) is 0 Å². The molecule has 1 aromatic carbocycles. The first-order chi connectivity index (χ1) is 8.40. The minimum absolute atomic E-state index is 0.00932. The fraction of sp³-hybridized carbons (Fsp3) is 0.500. The first-order valence-corrected chi connectivity index (χ1v) is 6.15. The van der Waals surface area contributed by atoms with Gasteiger partial charge in [-0.25, -0.2) is 0 Å². The highest BCUT2D eigenvalue weighted by molar-refractivity contribution is 5.78. The summed E-state index contributed by atoms with van der Waals surface area (Å²) in [5.41, 5.74) is 6.07. The maximum atomic E-state index is 11.5. The van der Waals surface area contributed by atoms with Crippen molar-refractivity contribution in [3.05, 3.63) is 29.8 Å². The number of rotatable bonds is 5. The summed E-state index contributed by atoms with van der Waals surface area (Å²) in [5, 5.41) is 2.74. The molecule has 0 aliphatic heterocycles. The van der Waals surface area contributed by atoms with Crippen LogP contribution >= 0.6 is 0 Å². The standard InChI is InChI=1S/C14H22N2O2/c1-14(2,3)18-12-6-4-11(5-7-12)10-13(17)16-9-8-15/h4-7H,8-10,15H2,1-3H3,(H,16,17). The third kappa shape index (κ3) is 5.68. The molecule has 0 radical (unpaired) electrons. The first-order valence-electron chi connectivity index (χ1n) is 6.15. The molecule has 0 heterocycles. The number of amides is 1. The van der Waals surface area contributed by atoms with E-state index in [0.717, 1.165) is 11.3 Å². The number of ether oxygens (including phenoxy) is 1. The maximum Gasteiger partial charge on any atom is 0.224 e. The summed E-state index contributed by atoms with van der Waals surface area (Å²) in [4.78, 5) is 11.5. The molecule has 1 rings (SSSR count). The van der Waals surface area contributed by atoms with E-state index in [2.05, 4.69) is 5.32 Å². The normalized spacial score (nSPS) is 11.1. The van der Waals surface area contributed by atoms with Gasteiger partial charge in [-0.1, -0.05) is 12.1 Å². The van der Waals surface area contributed by atoms with Gasteiger partial charge in [-0.05, 0) is 38.5 Å². The smallest absolute Gasteiger partial charge is 0.224 e. The van der Waals surface area contributed by atoms with Crippen molar-refractivity contribution in [2.75, 3.05) is 13.1 Å². The van der Waals surface area contributed by atoms with Gasteiger partial charge in [0.2, 0.25) is 5.91 Å². The second-order valence-electron chi connectivity index (χ2n) is 5.17. The molecule has 100 valence electrons. The first kappa shape index (κ1) is 14.5. The summed E-state index contributed by atoms with van der Waals surface area (Å²) in [5.74, 6) is 0.804. The molecular weight excluding hydrogens is 228 g/mol. The molecule has 0 spiro atoms. The predicted molar refractivity (Wildman–Crippen MR) is 72.6 cm³/mol. The number of hydrogen-bond acceptors (Lipinski definition) is 3. The summed E-state index contributed by atoms with van der Waals surface area (Å²) in [6.07, 6.45) is 0.371. The van der Waals surface area contributed by atoms with Crippen molar-refractivity contribution >= 4 is 5.91 Å². The number of nitrogens with two attached hydrogens (primary N) is 1. The van der Waals surface area contributed by atoms with E-state index in [9.17, 15) is 4.79 Å². The highest BCUT2D eigenvalue weighted by Crippen LogP contribution is 2.18. The summed E-state index contributed by atoms with van der Waals surface area (Å²) >= 11 is 0.